The number of amides is 3. The molecule has 1 aromatic carbocycles. The van der Waals surface area contributed by atoms with Crippen LogP contribution in [0.1, 0.15) is 60.3 Å². The van der Waals surface area contributed by atoms with Gasteiger partial charge in [0, 0.05) is 23.8 Å². The van der Waals surface area contributed by atoms with Gasteiger partial charge in [0.05, 0.1) is 24.5 Å². The highest BCUT2D eigenvalue weighted by atomic mass is 16.6. The number of hydrogen-bond donors (Lipinski definition) is 3. The van der Waals surface area contributed by atoms with Crippen LogP contribution in [0.15, 0.2) is 54.9 Å². The quantitative estimate of drug-likeness (QED) is 0.365. The van der Waals surface area contributed by atoms with Crippen LogP contribution in [-0.2, 0) is 11.3 Å². The highest BCUT2D eigenvalue weighted by molar-refractivity contribution is 6.05. The molecular formula is C27H29N7O4. The first-order valence-corrected chi connectivity index (χ1v) is 12.3. The molecule has 0 radical (unpaired) electrons. The molecule has 3 aromatic heterocycles. The number of aromatic nitrogens is 4. The van der Waals surface area contributed by atoms with Crippen molar-refractivity contribution in [3.63, 3.8) is 0 Å². The minimum absolute atomic E-state index is 0.0297. The number of anilines is 2. The summed E-state index contributed by atoms with van der Waals surface area (Å²) < 4.78 is 8.85. The molecule has 0 unspecified atom stereocenters. The monoisotopic (exact) mass is 515 g/mol. The molecule has 5 rings (SSSR count). The molecule has 11 heteroatoms. The Morgan fingerprint density at radius 2 is 1.95 bits per heavy atom. The highest BCUT2D eigenvalue weighted by Gasteiger charge is 2.25. The number of nitrogens with zero attached hydrogens (tertiary/aromatic N) is 4. The predicted octanol–water partition coefficient (Wildman–Crippen LogP) is 4.18. The molecule has 0 spiro atoms. The van der Waals surface area contributed by atoms with E-state index in [1.165, 1.54) is 0 Å². The maximum absolute atomic E-state index is 13.0. The Balaban J connectivity index is 1.26. The predicted molar refractivity (Wildman–Crippen MR) is 142 cm³/mol. The van der Waals surface area contributed by atoms with E-state index in [0.717, 1.165) is 10.9 Å². The molecule has 1 aliphatic heterocycles. The molecule has 3 N–H and O–H groups in total. The van der Waals surface area contributed by atoms with E-state index in [9.17, 15) is 14.4 Å². The van der Waals surface area contributed by atoms with Crippen LogP contribution in [0, 0.1) is 0 Å². The van der Waals surface area contributed by atoms with E-state index >= 15 is 0 Å². The first-order chi connectivity index (χ1) is 18.1. The zero-order valence-corrected chi connectivity index (χ0v) is 21.6. The zero-order valence-electron chi connectivity index (χ0n) is 21.6. The number of pyridine rings is 1. The van der Waals surface area contributed by atoms with Gasteiger partial charge >= 0.3 is 6.09 Å². The number of rotatable bonds is 5. The maximum Gasteiger partial charge on any atom is 0.412 e. The molecule has 0 saturated heterocycles. The summed E-state index contributed by atoms with van der Waals surface area (Å²) in [5.74, 6) is -0.524. The molecule has 0 fully saturated rings. The Bertz CT molecular complexity index is 1550. The summed E-state index contributed by atoms with van der Waals surface area (Å²) in [7, 11) is 0. The third-order valence-electron chi connectivity index (χ3n) is 5.96. The molecule has 4 heterocycles. The van der Waals surface area contributed by atoms with Crippen molar-refractivity contribution in [1.82, 2.24) is 24.6 Å². The SMILES string of the molecule is C[C@@H]1CNC(=O)c2cc3ccc(C(=O)Nc4cnn(Cc5cccc(NC(=O)OC(C)(C)C)c5)c4)nc3n21. The normalized spacial score (nSPS) is 15.1. The molecule has 0 aliphatic carbocycles. The Morgan fingerprint density at radius 1 is 1.13 bits per heavy atom. The van der Waals surface area contributed by atoms with Gasteiger partial charge in [-0.3, -0.25) is 19.6 Å². The third-order valence-corrected chi connectivity index (χ3v) is 5.96. The van der Waals surface area contributed by atoms with E-state index in [-0.39, 0.29) is 23.6 Å². The second-order valence-electron chi connectivity index (χ2n) is 10.3. The van der Waals surface area contributed by atoms with Gasteiger partial charge in [-0.25, -0.2) is 9.78 Å². The summed E-state index contributed by atoms with van der Waals surface area (Å²) in [6.45, 7) is 8.35. The number of benzene rings is 1. The summed E-state index contributed by atoms with van der Waals surface area (Å²) in [6, 6.07) is 12.6. The first-order valence-electron chi connectivity index (χ1n) is 12.3. The molecule has 1 atom stereocenters. The Kier molecular flexibility index (Phi) is 6.35. The van der Waals surface area contributed by atoms with Gasteiger partial charge < -0.3 is 19.9 Å². The lowest BCUT2D eigenvalue weighted by atomic mass is 10.2. The van der Waals surface area contributed by atoms with Crippen molar-refractivity contribution in [3.05, 3.63) is 71.8 Å². The number of fused-ring (bicyclic) bond motifs is 3. The van der Waals surface area contributed by atoms with Crippen molar-refractivity contribution in [2.75, 3.05) is 17.2 Å². The third kappa shape index (κ3) is 5.36. The van der Waals surface area contributed by atoms with Crippen molar-refractivity contribution in [2.24, 2.45) is 0 Å². The van der Waals surface area contributed by atoms with Crippen LogP contribution >= 0.6 is 0 Å². The van der Waals surface area contributed by atoms with Crippen molar-refractivity contribution in [3.8, 4) is 0 Å². The number of nitrogens with one attached hydrogen (secondary N) is 3. The van der Waals surface area contributed by atoms with E-state index in [0.29, 0.717) is 35.8 Å². The standard InChI is InChI=1S/C27H29N7O4/c1-16-12-28-25(36)22-11-18-8-9-21(32-23(18)34(16)22)24(35)30-20-13-29-33(15-20)14-17-6-5-7-19(10-17)31-26(37)38-27(2,3)4/h5-11,13,15-16H,12,14H2,1-4H3,(H,28,36)(H,30,35)(H,31,37)/t16-/m1/s1. The molecule has 3 amide bonds. The van der Waals surface area contributed by atoms with E-state index in [4.69, 9.17) is 4.74 Å². The number of carbonyl (C=O) groups is 3. The minimum Gasteiger partial charge on any atom is -0.444 e. The van der Waals surface area contributed by atoms with Gasteiger partial charge in [0.1, 0.15) is 22.6 Å². The van der Waals surface area contributed by atoms with Crippen LogP contribution < -0.4 is 16.0 Å². The van der Waals surface area contributed by atoms with Crippen molar-refractivity contribution >= 4 is 40.3 Å². The second kappa shape index (κ2) is 9.66. The van der Waals surface area contributed by atoms with Crippen LogP contribution in [0.4, 0.5) is 16.2 Å². The van der Waals surface area contributed by atoms with Crippen molar-refractivity contribution in [1.29, 1.82) is 0 Å². The van der Waals surface area contributed by atoms with Gasteiger partial charge in [-0.05, 0) is 63.6 Å². The topological polar surface area (TPSA) is 132 Å². The van der Waals surface area contributed by atoms with E-state index in [1.54, 1.807) is 62.1 Å². The zero-order chi connectivity index (χ0) is 27.0. The molecular weight excluding hydrogens is 486 g/mol. The Morgan fingerprint density at radius 3 is 2.74 bits per heavy atom. The fourth-order valence-electron chi connectivity index (χ4n) is 4.33. The van der Waals surface area contributed by atoms with Gasteiger partial charge in [-0.1, -0.05) is 12.1 Å². The number of hydrogen-bond acceptors (Lipinski definition) is 6. The molecule has 11 nitrogen and oxygen atoms in total. The van der Waals surface area contributed by atoms with E-state index in [1.807, 2.05) is 29.7 Å². The lowest BCUT2D eigenvalue weighted by Gasteiger charge is -2.23. The summed E-state index contributed by atoms with van der Waals surface area (Å²) >= 11 is 0. The highest BCUT2D eigenvalue weighted by Crippen LogP contribution is 2.26. The van der Waals surface area contributed by atoms with Crippen molar-refractivity contribution < 1.29 is 19.1 Å². The fourth-order valence-corrected chi connectivity index (χ4v) is 4.33. The van der Waals surface area contributed by atoms with E-state index in [2.05, 4.69) is 26.0 Å². The largest absolute Gasteiger partial charge is 0.444 e. The van der Waals surface area contributed by atoms with Crippen LogP contribution in [-0.4, -0.2) is 49.4 Å². The van der Waals surface area contributed by atoms with Gasteiger partial charge in [0.2, 0.25) is 0 Å². The summed E-state index contributed by atoms with van der Waals surface area (Å²) in [4.78, 5) is 41.8. The van der Waals surface area contributed by atoms with Crippen LogP contribution in [0.2, 0.25) is 0 Å². The fraction of sp³-hybridized carbons (Fsp3) is 0.296. The Labute approximate surface area is 219 Å². The Hall–Kier alpha value is -4.67. The number of ether oxygens (including phenoxy) is 1. The molecule has 0 bridgehead atoms. The second-order valence-corrected chi connectivity index (χ2v) is 10.3. The molecule has 0 saturated carbocycles. The molecule has 38 heavy (non-hydrogen) atoms. The summed E-state index contributed by atoms with van der Waals surface area (Å²) in [6.07, 6.45) is 2.75. The first kappa shape index (κ1) is 25.0. The minimum atomic E-state index is -0.588. The van der Waals surface area contributed by atoms with Gasteiger partial charge in [0.25, 0.3) is 11.8 Å². The summed E-state index contributed by atoms with van der Waals surface area (Å²) in [5.41, 5.74) is 2.83. The maximum atomic E-state index is 13.0. The lowest BCUT2D eigenvalue weighted by molar-refractivity contribution is 0.0635. The van der Waals surface area contributed by atoms with Crippen molar-refractivity contribution in [2.45, 2.75) is 45.9 Å². The van der Waals surface area contributed by atoms with Crippen LogP contribution in [0.3, 0.4) is 0 Å². The molecule has 196 valence electrons. The lowest BCUT2D eigenvalue weighted by Crippen LogP contribution is -2.37. The average Bonchev–Trinajstić information content (AvgIpc) is 3.44. The van der Waals surface area contributed by atoms with Gasteiger partial charge in [-0.15, -0.1) is 0 Å². The average molecular weight is 516 g/mol. The number of carbonyl (C=O) groups excluding carboxylic acids is 3. The van der Waals surface area contributed by atoms with Gasteiger partial charge in [-0.2, -0.15) is 5.10 Å². The van der Waals surface area contributed by atoms with E-state index < -0.39 is 11.7 Å². The van der Waals surface area contributed by atoms with Crippen LogP contribution in [0.5, 0.6) is 0 Å². The smallest absolute Gasteiger partial charge is 0.412 e. The van der Waals surface area contributed by atoms with Gasteiger partial charge in [0.15, 0.2) is 0 Å². The summed E-state index contributed by atoms with van der Waals surface area (Å²) in [5, 5.41) is 13.6. The molecule has 1 aliphatic rings. The van der Waals surface area contributed by atoms with Crippen LogP contribution in [0.25, 0.3) is 11.0 Å². The molecule has 4 aromatic rings.